The number of hydrogen-bond acceptors (Lipinski definition) is 0. The van der Waals surface area contributed by atoms with Gasteiger partial charge in [0.15, 0.2) is 0 Å². The van der Waals surface area contributed by atoms with Gasteiger partial charge in [0.05, 0.1) is 0 Å². The van der Waals surface area contributed by atoms with Gasteiger partial charge in [0, 0.05) is 0 Å². The number of rotatable bonds is 8. The van der Waals surface area contributed by atoms with Crippen LogP contribution < -0.4 is 21.2 Å². The third-order valence-electron chi connectivity index (χ3n) is 10.1. The fourth-order valence-electron chi connectivity index (χ4n) is 8.00. The molecule has 2 aliphatic rings. The van der Waals surface area contributed by atoms with Crippen molar-refractivity contribution >= 4 is 37.1 Å². The topological polar surface area (TPSA) is 0 Å². The second-order valence-electron chi connectivity index (χ2n) is 13.7. The van der Waals surface area contributed by atoms with Crippen LogP contribution in [0.3, 0.4) is 0 Å². The van der Waals surface area contributed by atoms with E-state index in [0.717, 1.165) is 46.8 Å². The molecule has 5 rings (SSSR count). The van der Waals surface area contributed by atoms with E-state index in [0.29, 0.717) is 0 Å². The Morgan fingerprint density at radius 1 is 0.525 bits per heavy atom. The van der Waals surface area contributed by atoms with Crippen LogP contribution in [0.15, 0.2) is 84.9 Å². The monoisotopic (exact) mass is 570 g/mol. The zero-order chi connectivity index (χ0) is 28.2. The largest absolute Gasteiger partial charge is 0.0676 e. The van der Waals surface area contributed by atoms with E-state index in [-0.39, 0.29) is 7.92 Å². The summed E-state index contributed by atoms with van der Waals surface area (Å²) in [5.41, 5.74) is 1.67. The van der Waals surface area contributed by atoms with Gasteiger partial charge in [-0.1, -0.05) is 147 Å². The minimum atomic E-state index is -0.606. The fourth-order valence-corrected chi connectivity index (χ4v) is 15.8. The lowest BCUT2D eigenvalue weighted by molar-refractivity contribution is 0.224. The first-order valence-electron chi connectivity index (χ1n) is 16.1. The average molecular weight is 571 g/mol. The molecule has 2 fully saturated rings. The molecule has 0 heterocycles. The maximum Gasteiger partial charge on any atom is -0.00740 e. The minimum absolute atomic E-state index is 0.307. The first-order chi connectivity index (χ1) is 19.3. The summed E-state index contributed by atoms with van der Waals surface area (Å²) in [5.74, 6) is 4.91. The van der Waals surface area contributed by atoms with Crippen molar-refractivity contribution < 1.29 is 0 Å². The van der Waals surface area contributed by atoms with Crippen LogP contribution in [-0.4, -0.2) is 11.3 Å². The predicted molar refractivity (Wildman–Crippen MR) is 182 cm³/mol. The number of benzene rings is 3. The SMILES string of the molecule is CC(C)[C@@H]1CC[C@@H](C)C[C@H]1P(c1ccccc1P(c1ccccc1)c1ccccc1)[C@@H]1C[C@H](C)CC[C@H]1C(C)C. The smallest absolute Gasteiger partial charge is 0.00740 e. The second kappa shape index (κ2) is 13.7. The van der Waals surface area contributed by atoms with Crippen LogP contribution in [0, 0.1) is 35.5 Å². The summed E-state index contributed by atoms with van der Waals surface area (Å²) >= 11 is 0. The van der Waals surface area contributed by atoms with Gasteiger partial charge >= 0.3 is 0 Å². The van der Waals surface area contributed by atoms with Crippen molar-refractivity contribution in [2.75, 3.05) is 0 Å². The second-order valence-corrected chi connectivity index (χ2v) is 18.5. The third-order valence-corrected chi connectivity index (χ3v) is 16.4. The molecule has 0 saturated heterocycles. The Morgan fingerprint density at radius 3 is 1.35 bits per heavy atom. The first kappa shape index (κ1) is 30.0. The van der Waals surface area contributed by atoms with Crippen molar-refractivity contribution in [2.24, 2.45) is 35.5 Å². The Morgan fingerprint density at radius 2 is 0.925 bits per heavy atom. The van der Waals surface area contributed by atoms with Crippen molar-refractivity contribution in [1.82, 2.24) is 0 Å². The first-order valence-corrected chi connectivity index (χ1v) is 18.9. The van der Waals surface area contributed by atoms with E-state index in [1.54, 1.807) is 10.6 Å². The molecule has 0 aromatic heterocycles. The van der Waals surface area contributed by atoms with E-state index in [4.69, 9.17) is 0 Å². The molecule has 2 heteroatoms. The standard InChI is InChI=1S/C38H52P2/c1-27(2)33-23-21-29(5)25-37(33)40(38-26-30(6)22-24-34(38)28(3)4)36-20-14-13-19-35(36)39(31-15-9-7-10-16-31)32-17-11-8-12-18-32/h7-20,27-30,33-34,37-38H,21-26H2,1-6H3/t29-,30-,33+,34+,37-,38-/m1/s1. The van der Waals surface area contributed by atoms with Gasteiger partial charge in [-0.15, -0.1) is 0 Å². The highest BCUT2D eigenvalue weighted by molar-refractivity contribution is 7.82. The fraction of sp³-hybridized carbons (Fsp3) is 0.526. The van der Waals surface area contributed by atoms with Crippen LogP contribution in [0.4, 0.5) is 0 Å². The minimum Gasteiger partial charge on any atom is -0.0676 e. The molecule has 0 spiro atoms. The Kier molecular flexibility index (Phi) is 10.2. The van der Waals surface area contributed by atoms with Gasteiger partial charge in [-0.3, -0.25) is 0 Å². The maximum atomic E-state index is 2.61. The van der Waals surface area contributed by atoms with Gasteiger partial charge in [-0.05, 0) is 102 Å². The molecule has 6 atom stereocenters. The summed E-state index contributed by atoms with van der Waals surface area (Å²) in [5, 5.41) is 6.37. The van der Waals surface area contributed by atoms with Gasteiger partial charge in [0.1, 0.15) is 0 Å². The lowest BCUT2D eigenvalue weighted by Gasteiger charge is -2.50. The molecule has 0 bridgehead atoms. The van der Waals surface area contributed by atoms with Crippen LogP contribution in [0.1, 0.15) is 80.1 Å². The van der Waals surface area contributed by atoms with Gasteiger partial charge < -0.3 is 0 Å². The molecule has 2 saturated carbocycles. The van der Waals surface area contributed by atoms with Crippen molar-refractivity contribution in [2.45, 2.75) is 91.4 Å². The van der Waals surface area contributed by atoms with E-state index in [1.165, 1.54) is 49.1 Å². The molecule has 0 unspecified atom stereocenters. The zero-order valence-corrected chi connectivity index (χ0v) is 27.6. The highest BCUT2D eigenvalue weighted by atomic mass is 31.1. The van der Waals surface area contributed by atoms with E-state index in [9.17, 15) is 0 Å². The van der Waals surface area contributed by atoms with E-state index in [2.05, 4.69) is 126 Å². The molecule has 40 heavy (non-hydrogen) atoms. The molecular formula is C38H52P2. The highest BCUT2D eigenvalue weighted by Gasteiger charge is 2.45. The quantitative estimate of drug-likeness (QED) is 0.237. The summed E-state index contributed by atoms with van der Waals surface area (Å²) in [7, 11) is -0.913. The van der Waals surface area contributed by atoms with E-state index in [1.807, 2.05) is 0 Å². The third kappa shape index (κ3) is 6.61. The van der Waals surface area contributed by atoms with Crippen molar-refractivity contribution in [3.63, 3.8) is 0 Å². The molecule has 0 aliphatic heterocycles. The Labute approximate surface area is 248 Å². The van der Waals surface area contributed by atoms with Crippen molar-refractivity contribution in [3.05, 3.63) is 84.9 Å². The van der Waals surface area contributed by atoms with Crippen molar-refractivity contribution in [1.29, 1.82) is 0 Å². The van der Waals surface area contributed by atoms with Crippen molar-refractivity contribution in [3.8, 4) is 0 Å². The van der Waals surface area contributed by atoms with Crippen LogP contribution in [0.25, 0.3) is 0 Å². The van der Waals surface area contributed by atoms with E-state index >= 15 is 0 Å². The normalized spacial score (nSPS) is 27.6. The average Bonchev–Trinajstić information content (AvgIpc) is 2.95. The van der Waals surface area contributed by atoms with Crippen LogP contribution in [0.2, 0.25) is 0 Å². The maximum absolute atomic E-state index is 2.61. The Balaban J connectivity index is 1.72. The van der Waals surface area contributed by atoms with Gasteiger partial charge in [-0.2, -0.15) is 0 Å². The summed E-state index contributed by atoms with van der Waals surface area (Å²) in [6.07, 6.45) is 8.52. The summed E-state index contributed by atoms with van der Waals surface area (Å²) in [6.45, 7) is 15.2. The Hall–Kier alpha value is -1.48. The number of hydrogen-bond donors (Lipinski definition) is 0. The molecule has 3 aromatic rings. The predicted octanol–water partition coefficient (Wildman–Crippen LogP) is 9.47. The summed E-state index contributed by atoms with van der Waals surface area (Å²) in [4.78, 5) is 0. The molecule has 0 amide bonds. The highest BCUT2D eigenvalue weighted by Crippen LogP contribution is 2.61. The molecule has 2 aliphatic carbocycles. The van der Waals surface area contributed by atoms with Crippen LogP contribution in [-0.2, 0) is 0 Å². The summed E-state index contributed by atoms with van der Waals surface area (Å²) in [6, 6.07) is 32.7. The van der Waals surface area contributed by atoms with Gasteiger partial charge in [0.2, 0.25) is 0 Å². The molecule has 0 nitrogen and oxygen atoms in total. The molecule has 214 valence electrons. The molecule has 0 radical (unpaired) electrons. The summed E-state index contributed by atoms with van der Waals surface area (Å²) < 4.78 is 0. The lowest BCUT2D eigenvalue weighted by atomic mass is 9.76. The van der Waals surface area contributed by atoms with Gasteiger partial charge in [-0.25, -0.2) is 0 Å². The van der Waals surface area contributed by atoms with E-state index < -0.39 is 7.92 Å². The lowest BCUT2D eigenvalue weighted by Crippen LogP contribution is -2.44. The zero-order valence-electron chi connectivity index (χ0n) is 25.8. The molecular weight excluding hydrogens is 518 g/mol. The molecule has 0 N–H and O–H groups in total. The molecule has 3 aromatic carbocycles. The van der Waals surface area contributed by atoms with Crippen LogP contribution in [0.5, 0.6) is 0 Å². The van der Waals surface area contributed by atoms with Gasteiger partial charge in [0.25, 0.3) is 0 Å². The van der Waals surface area contributed by atoms with Crippen LogP contribution >= 0.6 is 15.8 Å². The Bertz CT molecular complexity index is 1110.